The monoisotopic (exact) mass is 562 g/mol. The summed E-state index contributed by atoms with van der Waals surface area (Å²) in [4.78, 5) is 25.6. The number of nitrogens with one attached hydrogen (secondary N) is 1. The van der Waals surface area contributed by atoms with Crippen LogP contribution in [-0.2, 0) is 21.2 Å². The van der Waals surface area contributed by atoms with Gasteiger partial charge in [0.2, 0.25) is 11.0 Å². The molecule has 3 aromatic carbocycles. The average molecular weight is 563 g/mol. The molecule has 9 nitrogen and oxygen atoms in total. The van der Waals surface area contributed by atoms with Gasteiger partial charge in [-0.2, -0.15) is 0 Å². The maximum Gasteiger partial charge on any atom is 0.270 e. The molecular formula is C28H26N4O5S2. The quantitative estimate of drug-likeness (QED) is 0.338. The number of aryl methyl sites for hydroxylation is 1. The maximum atomic E-state index is 13.6. The van der Waals surface area contributed by atoms with Crippen molar-refractivity contribution in [3.63, 3.8) is 0 Å². The van der Waals surface area contributed by atoms with Gasteiger partial charge in [-0.05, 0) is 36.2 Å². The van der Waals surface area contributed by atoms with Gasteiger partial charge in [-0.3, -0.25) is 14.9 Å². The normalized spacial score (nSPS) is 15.4. The van der Waals surface area contributed by atoms with Crippen LogP contribution in [0.1, 0.15) is 44.4 Å². The average Bonchev–Trinajstić information content (AvgIpc) is 3.56. The summed E-state index contributed by atoms with van der Waals surface area (Å²) in [6, 6.07) is 21.5. The molecule has 1 aliphatic heterocycles. The zero-order chi connectivity index (χ0) is 27.6. The van der Waals surface area contributed by atoms with Gasteiger partial charge in [0, 0.05) is 30.9 Å². The number of nitrogens with zero attached hydrogens (tertiary/aromatic N) is 3. The number of carbonyl (C=O) groups excluding carboxylic acids is 2. The Labute approximate surface area is 230 Å². The van der Waals surface area contributed by atoms with Crippen LogP contribution in [0.25, 0.3) is 0 Å². The maximum absolute atomic E-state index is 13.6. The lowest BCUT2D eigenvalue weighted by atomic mass is 9.99. The van der Waals surface area contributed by atoms with E-state index in [2.05, 4.69) is 15.5 Å². The van der Waals surface area contributed by atoms with E-state index >= 15 is 0 Å². The van der Waals surface area contributed by atoms with Gasteiger partial charge in [0.1, 0.15) is 15.7 Å². The van der Waals surface area contributed by atoms with Crippen molar-refractivity contribution in [1.29, 1.82) is 0 Å². The Morgan fingerprint density at radius 2 is 1.82 bits per heavy atom. The molecule has 5 rings (SSSR count). The highest BCUT2D eigenvalue weighted by molar-refractivity contribution is 7.89. The molecule has 1 atom stereocenters. The molecule has 1 saturated heterocycles. The first-order valence-electron chi connectivity index (χ1n) is 12.2. The Morgan fingerprint density at radius 1 is 1.08 bits per heavy atom. The van der Waals surface area contributed by atoms with E-state index in [9.17, 15) is 18.0 Å². The van der Waals surface area contributed by atoms with E-state index in [1.165, 1.54) is 36.6 Å². The number of aromatic nitrogens is 2. The second kappa shape index (κ2) is 11.0. The second-order valence-electron chi connectivity index (χ2n) is 9.22. The van der Waals surface area contributed by atoms with E-state index in [1.54, 1.807) is 0 Å². The number of ether oxygens (including phenoxy) is 1. The van der Waals surface area contributed by atoms with Crippen molar-refractivity contribution >= 4 is 38.3 Å². The largest absolute Gasteiger partial charge is 0.495 e. The second-order valence-corrected chi connectivity index (χ2v) is 12.1. The van der Waals surface area contributed by atoms with Gasteiger partial charge in [0.05, 0.1) is 7.11 Å². The van der Waals surface area contributed by atoms with E-state index < -0.39 is 21.8 Å². The zero-order valence-corrected chi connectivity index (χ0v) is 23.0. The molecule has 0 saturated carbocycles. The summed E-state index contributed by atoms with van der Waals surface area (Å²) < 4.78 is 33.4. The van der Waals surface area contributed by atoms with Crippen molar-refractivity contribution < 1.29 is 22.7 Å². The molecule has 1 aromatic heterocycles. The van der Waals surface area contributed by atoms with Crippen LogP contribution in [0.15, 0.2) is 77.7 Å². The number of benzene rings is 3. The van der Waals surface area contributed by atoms with Crippen LogP contribution in [0, 0.1) is 6.92 Å². The minimum absolute atomic E-state index is 0.0132. The fourth-order valence-electron chi connectivity index (χ4n) is 4.42. The lowest BCUT2D eigenvalue weighted by Gasteiger charge is -2.19. The summed E-state index contributed by atoms with van der Waals surface area (Å²) >= 11 is 1.24. The molecule has 2 amide bonds. The van der Waals surface area contributed by atoms with Gasteiger partial charge in [0.25, 0.3) is 15.9 Å². The van der Waals surface area contributed by atoms with Crippen LogP contribution in [0.3, 0.4) is 0 Å². The third kappa shape index (κ3) is 5.69. The molecule has 0 unspecified atom stereocenters. The highest BCUT2D eigenvalue weighted by atomic mass is 32.2. The highest BCUT2D eigenvalue weighted by Gasteiger charge is 2.40. The first kappa shape index (κ1) is 26.5. The molecule has 1 aliphatic rings. The van der Waals surface area contributed by atoms with Crippen molar-refractivity contribution in [2.45, 2.75) is 30.6 Å². The van der Waals surface area contributed by atoms with Crippen LogP contribution in [-0.4, -0.2) is 48.4 Å². The SMILES string of the molecule is COc1ccc(C(=O)Nc2nnc(Cc3ccc(C)cc3)s2)cc1S(=O)(=O)N1C[C@H](c2ccccc2)CC1=O. The number of hydrogen-bond donors (Lipinski definition) is 1. The van der Waals surface area contributed by atoms with E-state index in [0.717, 1.165) is 26.0 Å². The van der Waals surface area contributed by atoms with E-state index in [4.69, 9.17) is 4.74 Å². The number of anilines is 1. The predicted octanol–water partition coefficient (Wildman–Crippen LogP) is 4.40. The molecule has 2 heterocycles. The first-order valence-corrected chi connectivity index (χ1v) is 14.5. The first-order chi connectivity index (χ1) is 18.7. The Bertz CT molecular complexity index is 1620. The Kier molecular flexibility index (Phi) is 7.45. The van der Waals surface area contributed by atoms with Gasteiger partial charge in [-0.25, -0.2) is 12.7 Å². The van der Waals surface area contributed by atoms with Crippen LogP contribution in [0.2, 0.25) is 0 Å². The number of methoxy groups -OCH3 is 1. The minimum Gasteiger partial charge on any atom is -0.495 e. The van der Waals surface area contributed by atoms with Crippen LogP contribution in [0.4, 0.5) is 5.13 Å². The fourth-order valence-corrected chi connectivity index (χ4v) is 6.83. The molecule has 0 aliphatic carbocycles. The summed E-state index contributed by atoms with van der Waals surface area (Å²) in [7, 11) is -2.94. The minimum atomic E-state index is -4.28. The molecule has 39 heavy (non-hydrogen) atoms. The number of rotatable bonds is 8. The van der Waals surface area contributed by atoms with Crippen LogP contribution in [0.5, 0.6) is 5.75 Å². The summed E-state index contributed by atoms with van der Waals surface area (Å²) in [6.45, 7) is 2.03. The van der Waals surface area contributed by atoms with E-state index in [0.29, 0.717) is 11.6 Å². The van der Waals surface area contributed by atoms with E-state index in [1.807, 2.05) is 61.5 Å². The number of carbonyl (C=O) groups is 2. The molecule has 0 radical (unpaired) electrons. The summed E-state index contributed by atoms with van der Waals surface area (Å²) in [6.07, 6.45) is 0.653. The van der Waals surface area contributed by atoms with Crippen molar-refractivity contribution in [3.8, 4) is 5.75 Å². The lowest BCUT2D eigenvalue weighted by molar-refractivity contribution is -0.123. The Balaban J connectivity index is 1.34. The van der Waals surface area contributed by atoms with Gasteiger partial charge >= 0.3 is 0 Å². The predicted molar refractivity (Wildman–Crippen MR) is 148 cm³/mol. The molecule has 1 N–H and O–H groups in total. The highest BCUT2D eigenvalue weighted by Crippen LogP contribution is 2.35. The zero-order valence-electron chi connectivity index (χ0n) is 21.3. The molecular weight excluding hydrogens is 536 g/mol. The third-order valence-electron chi connectivity index (χ3n) is 6.51. The molecule has 1 fully saturated rings. The summed E-state index contributed by atoms with van der Waals surface area (Å²) in [5.74, 6) is -1.27. The summed E-state index contributed by atoms with van der Waals surface area (Å²) in [5.41, 5.74) is 3.21. The van der Waals surface area contributed by atoms with Crippen molar-refractivity contribution in [2.24, 2.45) is 0 Å². The summed E-state index contributed by atoms with van der Waals surface area (Å²) in [5, 5.41) is 11.9. The number of hydrogen-bond acceptors (Lipinski definition) is 8. The molecule has 11 heteroatoms. The van der Waals surface area contributed by atoms with Gasteiger partial charge in [-0.15, -0.1) is 10.2 Å². The molecule has 200 valence electrons. The number of amides is 2. The topological polar surface area (TPSA) is 119 Å². The standard InChI is InChI=1S/C28H26N4O5S2/c1-18-8-10-19(11-9-18)14-25-30-31-28(38-25)29-27(34)21-12-13-23(37-2)24(15-21)39(35,36)32-17-22(16-26(32)33)20-6-4-3-5-7-20/h3-13,15,22H,14,16-17H2,1-2H3,(H,29,31,34)/t22-/m1/s1. The van der Waals surface area contributed by atoms with E-state index in [-0.39, 0.29) is 35.1 Å². The third-order valence-corrected chi connectivity index (χ3v) is 9.16. The fraction of sp³-hybridized carbons (Fsp3) is 0.214. The molecule has 0 spiro atoms. The smallest absolute Gasteiger partial charge is 0.270 e. The Hall–Kier alpha value is -4.09. The van der Waals surface area contributed by atoms with Crippen LogP contribution < -0.4 is 10.1 Å². The van der Waals surface area contributed by atoms with Gasteiger partial charge in [-0.1, -0.05) is 71.5 Å². The van der Waals surface area contributed by atoms with Crippen molar-refractivity contribution in [2.75, 3.05) is 19.0 Å². The van der Waals surface area contributed by atoms with Crippen LogP contribution >= 0.6 is 11.3 Å². The number of sulfonamides is 1. The Morgan fingerprint density at radius 3 is 2.54 bits per heavy atom. The van der Waals surface area contributed by atoms with Crippen molar-refractivity contribution in [3.05, 3.63) is 100 Å². The molecule has 0 bridgehead atoms. The molecule has 4 aromatic rings. The van der Waals surface area contributed by atoms with Crippen molar-refractivity contribution in [1.82, 2.24) is 14.5 Å². The lowest BCUT2D eigenvalue weighted by Crippen LogP contribution is -2.32. The van der Waals surface area contributed by atoms with Gasteiger partial charge in [0.15, 0.2) is 0 Å². The van der Waals surface area contributed by atoms with Gasteiger partial charge < -0.3 is 4.74 Å².